The molecule has 5 heteroatoms. The number of carbonyl (C=O) groups is 1. The van der Waals surface area contributed by atoms with Crippen LogP contribution < -0.4 is 5.32 Å². The second kappa shape index (κ2) is 4.52. The molecule has 0 amide bonds. The van der Waals surface area contributed by atoms with Crippen LogP contribution in [-0.4, -0.2) is 20.9 Å². The van der Waals surface area contributed by atoms with Crippen molar-refractivity contribution < 1.29 is 9.90 Å². The minimum atomic E-state index is -0.965. The molecule has 0 radical (unpaired) electrons. The van der Waals surface area contributed by atoms with Gasteiger partial charge >= 0.3 is 5.97 Å². The Hall–Kier alpha value is -2.56. The third kappa shape index (κ3) is 1.97. The molecule has 2 aromatic rings. The Labute approximate surface area is 116 Å². The largest absolute Gasteiger partial charge is 0.477 e. The molecule has 1 aromatic heterocycles. The maximum absolute atomic E-state index is 11.3. The first-order valence-electron chi connectivity index (χ1n) is 6.39. The topological polar surface area (TPSA) is 67.2 Å². The van der Waals surface area contributed by atoms with E-state index in [-0.39, 0.29) is 11.7 Å². The minimum absolute atomic E-state index is 0.184. The highest BCUT2D eigenvalue weighted by Gasteiger charge is 2.25. The molecule has 102 valence electrons. The van der Waals surface area contributed by atoms with Gasteiger partial charge in [0.1, 0.15) is 17.6 Å². The molecule has 2 heterocycles. The van der Waals surface area contributed by atoms with Gasteiger partial charge in [0.05, 0.1) is 6.20 Å². The van der Waals surface area contributed by atoms with Crippen LogP contribution in [0.3, 0.4) is 0 Å². The molecular weight excluding hydrogens is 254 g/mol. The Morgan fingerprint density at radius 2 is 2.15 bits per heavy atom. The maximum atomic E-state index is 11.3. The van der Waals surface area contributed by atoms with Gasteiger partial charge in [0.15, 0.2) is 0 Å². The molecule has 1 unspecified atom stereocenters. The van der Waals surface area contributed by atoms with E-state index in [9.17, 15) is 9.90 Å². The second-order valence-corrected chi connectivity index (χ2v) is 4.98. The number of aliphatic carboxylic acids is 1. The van der Waals surface area contributed by atoms with E-state index in [1.54, 1.807) is 23.0 Å². The van der Waals surface area contributed by atoms with Crippen molar-refractivity contribution in [1.29, 1.82) is 0 Å². The smallest absolute Gasteiger partial charge is 0.352 e. The van der Waals surface area contributed by atoms with Gasteiger partial charge in [0.2, 0.25) is 0 Å². The summed E-state index contributed by atoms with van der Waals surface area (Å²) in [7, 11) is 0. The van der Waals surface area contributed by atoms with Crippen molar-refractivity contribution >= 4 is 11.8 Å². The normalized spacial score (nSPS) is 17.1. The first-order chi connectivity index (χ1) is 9.56. The van der Waals surface area contributed by atoms with E-state index >= 15 is 0 Å². The van der Waals surface area contributed by atoms with Crippen LogP contribution in [0.4, 0.5) is 5.82 Å². The Kier molecular flexibility index (Phi) is 2.82. The molecule has 1 aliphatic heterocycles. The molecule has 0 fully saturated rings. The third-order valence-electron chi connectivity index (χ3n) is 3.50. The molecule has 5 nitrogen and oxygen atoms in total. The van der Waals surface area contributed by atoms with Crippen LogP contribution >= 0.6 is 0 Å². The van der Waals surface area contributed by atoms with Crippen molar-refractivity contribution in [3.63, 3.8) is 0 Å². The van der Waals surface area contributed by atoms with Gasteiger partial charge in [-0.1, -0.05) is 23.8 Å². The average molecular weight is 269 g/mol. The minimum Gasteiger partial charge on any atom is -0.477 e. The number of hydrogen-bond acceptors (Lipinski definition) is 3. The zero-order valence-corrected chi connectivity index (χ0v) is 11.3. The van der Waals surface area contributed by atoms with E-state index in [1.165, 1.54) is 0 Å². The number of rotatable bonds is 2. The lowest BCUT2D eigenvalue weighted by Crippen LogP contribution is -2.24. The van der Waals surface area contributed by atoms with E-state index in [2.05, 4.69) is 16.5 Å². The summed E-state index contributed by atoms with van der Waals surface area (Å²) in [6, 6.07) is 7.74. The number of allylic oxidation sites excluding steroid dienone is 1. The lowest BCUT2D eigenvalue weighted by atomic mass is 9.97. The molecular formula is C15H15N3O2. The molecule has 1 aromatic carbocycles. The predicted octanol–water partition coefficient (Wildman–Crippen LogP) is 2.48. The fourth-order valence-electron chi connectivity index (χ4n) is 2.47. The van der Waals surface area contributed by atoms with Crippen molar-refractivity contribution in [2.45, 2.75) is 19.9 Å². The number of fused-ring (bicyclic) bond motifs is 1. The lowest BCUT2D eigenvalue weighted by Gasteiger charge is -2.25. The highest BCUT2D eigenvalue weighted by molar-refractivity contribution is 5.90. The lowest BCUT2D eigenvalue weighted by molar-refractivity contribution is -0.132. The molecule has 1 atom stereocenters. The Bertz CT molecular complexity index is 716. The molecule has 1 aliphatic rings. The van der Waals surface area contributed by atoms with Gasteiger partial charge in [-0.15, -0.1) is 0 Å². The van der Waals surface area contributed by atoms with Crippen LogP contribution in [0.25, 0.3) is 0 Å². The molecule has 3 rings (SSSR count). The van der Waals surface area contributed by atoms with Crippen LogP contribution in [0.1, 0.15) is 22.7 Å². The molecule has 0 saturated heterocycles. The summed E-state index contributed by atoms with van der Waals surface area (Å²) >= 11 is 0. The van der Waals surface area contributed by atoms with Gasteiger partial charge in [-0.3, -0.25) is 0 Å². The highest BCUT2D eigenvalue weighted by atomic mass is 16.4. The number of nitrogens with zero attached hydrogens (tertiary/aromatic N) is 2. The number of hydrogen-bond donors (Lipinski definition) is 2. The van der Waals surface area contributed by atoms with Crippen LogP contribution in [0, 0.1) is 13.8 Å². The number of carboxylic acids is 1. The van der Waals surface area contributed by atoms with E-state index in [0.717, 1.165) is 16.7 Å². The molecule has 20 heavy (non-hydrogen) atoms. The van der Waals surface area contributed by atoms with Crippen LogP contribution in [0.2, 0.25) is 0 Å². The zero-order chi connectivity index (χ0) is 14.3. The van der Waals surface area contributed by atoms with Gasteiger partial charge in [0, 0.05) is 6.07 Å². The van der Waals surface area contributed by atoms with Crippen LogP contribution in [0.5, 0.6) is 0 Å². The van der Waals surface area contributed by atoms with Crippen LogP contribution in [-0.2, 0) is 4.79 Å². The van der Waals surface area contributed by atoms with Gasteiger partial charge in [0.25, 0.3) is 0 Å². The standard InChI is InChI=1S/C15H15N3O2/c1-9-3-4-10(2)11(7-9)13-8-12(15(19)20)17-14-5-6-16-18(13)14/h3-8,13,17H,1-2H3,(H,19,20). The third-order valence-corrected chi connectivity index (χ3v) is 3.50. The summed E-state index contributed by atoms with van der Waals surface area (Å²) in [6.45, 7) is 4.05. The first-order valence-corrected chi connectivity index (χ1v) is 6.39. The SMILES string of the molecule is Cc1ccc(C)c(C2C=C(C(=O)O)Nc3ccnn32)c1. The molecule has 0 spiro atoms. The Morgan fingerprint density at radius 1 is 1.35 bits per heavy atom. The summed E-state index contributed by atoms with van der Waals surface area (Å²) in [5.74, 6) is -0.274. The first kappa shape index (κ1) is 12.5. The zero-order valence-electron chi connectivity index (χ0n) is 11.3. The number of aromatic nitrogens is 2. The van der Waals surface area contributed by atoms with Crippen LogP contribution in [0.15, 0.2) is 42.2 Å². The Balaban J connectivity index is 2.17. The summed E-state index contributed by atoms with van der Waals surface area (Å²) in [5, 5.41) is 16.4. The fourth-order valence-corrected chi connectivity index (χ4v) is 2.47. The van der Waals surface area contributed by atoms with Gasteiger partial charge in [-0.25, -0.2) is 9.48 Å². The van der Waals surface area contributed by atoms with Gasteiger partial charge < -0.3 is 10.4 Å². The summed E-state index contributed by atoms with van der Waals surface area (Å²) in [4.78, 5) is 11.3. The average Bonchev–Trinajstić information content (AvgIpc) is 2.88. The summed E-state index contributed by atoms with van der Waals surface area (Å²) < 4.78 is 1.80. The fraction of sp³-hybridized carbons (Fsp3) is 0.200. The quantitative estimate of drug-likeness (QED) is 0.879. The van der Waals surface area contributed by atoms with Crippen molar-refractivity contribution in [2.75, 3.05) is 5.32 Å². The van der Waals surface area contributed by atoms with E-state index < -0.39 is 5.97 Å². The molecule has 0 bridgehead atoms. The van der Waals surface area contributed by atoms with Gasteiger partial charge in [-0.2, -0.15) is 5.10 Å². The molecule has 0 saturated carbocycles. The van der Waals surface area contributed by atoms with Gasteiger partial charge in [-0.05, 0) is 31.1 Å². The Morgan fingerprint density at radius 3 is 2.90 bits per heavy atom. The predicted molar refractivity (Wildman–Crippen MR) is 75.6 cm³/mol. The number of carboxylic acid groups (broad SMARTS) is 1. The van der Waals surface area contributed by atoms with E-state index in [1.807, 2.05) is 26.0 Å². The second-order valence-electron chi connectivity index (χ2n) is 4.98. The number of benzene rings is 1. The monoisotopic (exact) mass is 269 g/mol. The molecule has 0 aliphatic carbocycles. The summed E-state index contributed by atoms with van der Waals surface area (Å²) in [6.07, 6.45) is 3.36. The number of nitrogens with one attached hydrogen (secondary N) is 1. The van der Waals surface area contributed by atoms with E-state index in [4.69, 9.17) is 0 Å². The van der Waals surface area contributed by atoms with Crippen molar-refractivity contribution in [2.24, 2.45) is 0 Å². The maximum Gasteiger partial charge on any atom is 0.352 e. The van der Waals surface area contributed by atoms with Crippen molar-refractivity contribution in [3.8, 4) is 0 Å². The van der Waals surface area contributed by atoms with Crippen molar-refractivity contribution in [3.05, 3.63) is 58.9 Å². The highest BCUT2D eigenvalue weighted by Crippen LogP contribution is 2.31. The number of aryl methyl sites for hydroxylation is 2. The van der Waals surface area contributed by atoms with Crippen molar-refractivity contribution in [1.82, 2.24) is 9.78 Å². The summed E-state index contributed by atoms with van der Waals surface area (Å²) in [5.41, 5.74) is 3.51. The number of anilines is 1. The molecule has 2 N–H and O–H groups in total. The van der Waals surface area contributed by atoms with E-state index in [0.29, 0.717) is 5.82 Å².